The van der Waals surface area contributed by atoms with Crippen LogP contribution in [-0.4, -0.2) is 58.3 Å². The molecule has 0 saturated heterocycles. The predicted molar refractivity (Wildman–Crippen MR) is 50.9 cm³/mol. The van der Waals surface area contributed by atoms with Crippen LogP contribution in [0.15, 0.2) is 0 Å². The topological polar surface area (TPSA) is 38.8 Å². The zero-order valence-corrected chi connectivity index (χ0v) is 8.49. The van der Waals surface area contributed by atoms with E-state index in [0.29, 0.717) is 19.6 Å². The lowest BCUT2D eigenvalue weighted by molar-refractivity contribution is -0.108. The van der Waals surface area contributed by atoms with E-state index in [9.17, 15) is 4.79 Å². The lowest BCUT2D eigenvalue weighted by Gasteiger charge is -2.20. The van der Waals surface area contributed by atoms with Gasteiger partial charge in [0.15, 0.2) is 0 Å². The molecule has 0 radical (unpaired) electrons. The molecule has 0 aromatic rings. The first kappa shape index (κ1) is 12.6. The second-order valence-electron chi connectivity index (χ2n) is 2.78. The smallest absolute Gasteiger partial charge is 0.121 e. The van der Waals surface area contributed by atoms with Crippen molar-refractivity contribution in [3.8, 4) is 0 Å². The van der Waals surface area contributed by atoms with Crippen molar-refractivity contribution < 1.29 is 14.3 Å². The molecule has 0 aliphatic rings. The Hall–Kier alpha value is -0.450. The summed E-state index contributed by atoms with van der Waals surface area (Å²) in [5.41, 5.74) is 0. The highest BCUT2D eigenvalue weighted by Crippen LogP contribution is 1.90. The molecule has 0 amide bonds. The number of carbonyl (C=O) groups is 1. The van der Waals surface area contributed by atoms with Crippen LogP contribution >= 0.6 is 0 Å². The van der Waals surface area contributed by atoms with Crippen molar-refractivity contribution in [3.63, 3.8) is 0 Å². The van der Waals surface area contributed by atoms with Crippen molar-refractivity contribution in [1.82, 2.24) is 4.90 Å². The van der Waals surface area contributed by atoms with Gasteiger partial charge in [-0.25, -0.2) is 0 Å². The van der Waals surface area contributed by atoms with Gasteiger partial charge in [-0.1, -0.05) is 0 Å². The summed E-state index contributed by atoms with van der Waals surface area (Å²) >= 11 is 0. The Bertz CT molecular complexity index is 111. The molecule has 0 heterocycles. The van der Waals surface area contributed by atoms with E-state index in [1.807, 2.05) is 0 Å². The number of aldehydes is 1. The van der Waals surface area contributed by atoms with Crippen molar-refractivity contribution in [2.45, 2.75) is 6.42 Å². The molecule has 0 aromatic carbocycles. The molecule has 0 atom stereocenters. The molecule has 0 unspecified atom stereocenters. The fraction of sp³-hybridized carbons (Fsp3) is 0.889. The normalized spacial score (nSPS) is 10.7. The molecule has 0 N–H and O–H groups in total. The SMILES string of the molecule is COCCN(CCC=O)CCOC. The molecule has 0 fully saturated rings. The van der Waals surface area contributed by atoms with Gasteiger partial charge in [0.1, 0.15) is 6.29 Å². The first-order valence-corrected chi connectivity index (χ1v) is 4.49. The van der Waals surface area contributed by atoms with Gasteiger partial charge < -0.3 is 14.3 Å². The molecule has 0 aromatic heterocycles. The molecule has 0 saturated carbocycles. The minimum atomic E-state index is 0.577. The largest absolute Gasteiger partial charge is 0.383 e. The van der Waals surface area contributed by atoms with Crippen LogP contribution in [0.5, 0.6) is 0 Å². The molecule has 4 nitrogen and oxygen atoms in total. The summed E-state index contributed by atoms with van der Waals surface area (Å²) in [5.74, 6) is 0. The number of hydrogen-bond donors (Lipinski definition) is 0. The van der Waals surface area contributed by atoms with Crippen molar-refractivity contribution in [2.75, 3.05) is 47.1 Å². The summed E-state index contributed by atoms with van der Waals surface area (Å²) in [4.78, 5) is 12.3. The van der Waals surface area contributed by atoms with Crippen LogP contribution in [0.1, 0.15) is 6.42 Å². The van der Waals surface area contributed by atoms with E-state index in [2.05, 4.69) is 4.90 Å². The molecule has 78 valence electrons. The van der Waals surface area contributed by atoms with Crippen molar-refractivity contribution in [1.29, 1.82) is 0 Å². The average Bonchev–Trinajstić information content (AvgIpc) is 2.17. The van der Waals surface area contributed by atoms with E-state index in [4.69, 9.17) is 9.47 Å². The maximum absolute atomic E-state index is 10.2. The Kier molecular flexibility index (Phi) is 9.30. The summed E-state index contributed by atoms with van der Waals surface area (Å²) in [5, 5.41) is 0. The van der Waals surface area contributed by atoms with Crippen LogP contribution in [0, 0.1) is 0 Å². The van der Waals surface area contributed by atoms with Crippen LogP contribution in [0.4, 0.5) is 0 Å². The van der Waals surface area contributed by atoms with Crippen molar-refractivity contribution in [2.24, 2.45) is 0 Å². The summed E-state index contributed by atoms with van der Waals surface area (Å²) < 4.78 is 9.92. The van der Waals surface area contributed by atoms with Crippen LogP contribution in [0.3, 0.4) is 0 Å². The maximum atomic E-state index is 10.2. The monoisotopic (exact) mass is 189 g/mol. The van der Waals surface area contributed by atoms with E-state index >= 15 is 0 Å². The Morgan fingerprint density at radius 2 is 1.62 bits per heavy atom. The maximum Gasteiger partial charge on any atom is 0.121 e. The molecule has 4 heteroatoms. The first-order valence-electron chi connectivity index (χ1n) is 4.49. The molecule has 0 aliphatic heterocycles. The standard InChI is InChI=1S/C9H19NO3/c1-12-8-5-10(4-3-7-11)6-9-13-2/h7H,3-6,8-9H2,1-2H3. The molecule has 13 heavy (non-hydrogen) atoms. The quantitative estimate of drug-likeness (QED) is 0.485. The van der Waals surface area contributed by atoms with Gasteiger partial charge in [-0.15, -0.1) is 0 Å². The highest BCUT2D eigenvalue weighted by molar-refractivity contribution is 5.49. The van der Waals surface area contributed by atoms with Gasteiger partial charge in [-0.05, 0) is 0 Å². The van der Waals surface area contributed by atoms with Crippen LogP contribution in [-0.2, 0) is 14.3 Å². The lowest BCUT2D eigenvalue weighted by atomic mass is 10.4. The first-order chi connectivity index (χ1) is 6.35. The molecular weight excluding hydrogens is 170 g/mol. The molecule has 0 aliphatic carbocycles. The molecule has 0 rings (SSSR count). The van der Waals surface area contributed by atoms with Gasteiger partial charge in [-0.2, -0.15) is 0 Å². The molecule has 0 bridgehead atoms. The Balaban J connectivity index is 3.52. The zero-order chi connectivity index (χ0) is 9.94. The van der Waals surface area contributed by atoms with Gasteiger partial charge >= 0.3 is 0 Å². The predicted octanol–water partition coefficient (Wildman–Crippen LogP) is 0.170. The van der Waals surface area contributed by atoms with Gasteiger partial charge in [0.05, 0.1) is 13.2 Å². The lowest BCUT2D eigenvalue weighted by Crippen LogP contribution is -2.31. The van der Waals surface area contributed by atoms with Crippen molar-refractivity contribution in [3.05, 3.63) is 0 Å². The molecule has 0 spiro atoms. The summed E-state index contributed by atoms with van der Waals surface area (Å²) in [6.45, 7) is 3.89. The van der Waals surface area contributed by atoms with Crippen LogP contribution < -0.4 is 0 Å². The Morgan fingerprint density at radius 3 is 2.00 bits per heavy atom. The second kappa shape index (κ2) is 9.64. The zero-order valence-electron chi connectivity index (χ0n) is 8.49. The Morgan fingerprint density at radius 1 is 1.08 bits per heavy atom. The van der Waals surface area contributed by atoms with E-state index in [1.165, 1.54) is 0 Å². The number of nitrogens with zero attached hydrogens (tertiary/aromatic N) is 1. The minimum Gasteiger partial charge on any atom is -0.383 e. The second-order valence-corrected chi connectivity index (χ2v) is 2.78. The summed E-state index contributed by atoms with van der Waals surface area (Å²) in [7, 11) is 3.35. The van der Waals surface area contributed by atoms with Gasteiger partial charge in [-0.3, -0.25) is 4.90 Å². The summed E-state index contributed by atoms with van der Waals surface area (Å²) in [6.07, 6.45) is 1.51. The number of ether oxygens (including phenoxy) is 2. The van der Waals surface area contributed by atoms with Gasteiger partial charge in [0.25, 0.3) is 0 Å². The van der Waals surface area contributed by atoms with E-state index in [1.54, 1.807) is 14.2 Å². The third-order valence-electron chi connectivity index (χ3n) is 1.79. The van der Waals surface area contributed by atoms with E-state index in [-0.39, 0.29) is 0 Å². The van der Waals surface area contributed by atoms with Crippen molar-refractivity contribution >= 4 is 6.29 Å². The fourth-order valence-electron chi connectivity index (χ4n) is 1.01. The third-order valence-corrected chi connectivity index (χ3v) is 1.79. The average molecular weight is 189 g/mol. The minimum absolute atomic E-state index is 0.577. The van der Waals surface area contributed by atoms with Gasteiger partial charge in [0, 0.05) is 40.3 Å². The third kappa shape index (κ3) is 7.90. The van der Waals surface area contributed by atoms with Crippen LogP contribution in [0.25, 0.3) is 0 Å². The van der Waals surface area contributed by atoms with Gasteiger partial charge in [0.2, 0.25) is 0 Å². The number of hydrogen-bond acceptors (Lipinski definition) is 4. The van der Waals surface area contributed by atoms with E-state index < -0.39 is 0 Å². The number of rotatable bonds is 9. The highest BCUT2D eigenvalue weighted by atomic mass is 16.5. The number of carbonyl (C=O) groups excluding carboxylic acids is 1. The van der Waals surface area contributed by atoms with Crippen LogP contribution in [0.2, 0.25) is 0 Å². The summed E-state index contributed by atoms with van der Waals surface area (Å²) in [6, 6.07) is 0. The Labute approximate surface area is 79.8 Å². The molecular formula is C9H19NO3. The number of methoxy groups -OCH3 is 2. The fourth-order valence-corrected chi connectivity index (χ4v) is 1.01. The highest BCUT2D eigenvalue weighted by Gasteiger charge is 2.02. The van der Waals surface area contributed by atoms with E-state index in [0.717, 1.165) is 25.9 Å².